The van der Waals surface area contributed by atoms with E-state index >= 15 is 0 Å². The summed E-state index contributed by atoms with van der Waals surface area (Å²) in [6, 6.07) is 12.2. The molecule has 0 saturated carbocycles. The van der Waals surface area contributed by atoms with Crippen molar-refractivity contribution in [3.05, 3.63) is 47.1 Å². The summed E-state index contributed by atoms with van der Waals surface area (Å²) in [7, 11) is 0. The second-order valence-electron chi connectivity index (χ2n) is 6.92. The number of aromatic nitrogens is 3. The fourth-order valence-corrected chi connectivity index (χ4v) is 3.92. The number of aliphatic hydroxyl groups is 1. The van der Waals surface area contributed by atoms with Crippen molar-refractivity contribution in [1.29, 1.82) is 0 Å². The van der Waals surface area contributed by atoms with Gasteiger partial charge in [0, 0.05) is 47.6 Å². The van der Waals surface area contributed by atoms with Gasteiger partial charge in [-0.15, -0.1) is 0 Å². The summed E-state index contributed by atoms with van der Waals surface area (Å²) in [5.41, 5.74) is 3.73. The molecule has 1 N–H and O–H groups in total. The molecule has 1 atom stereocenters. The zero-order valence-electron chi connectivity index (χ0n) is 14.9. The van der Waals surface area contributed by atoms with Gasteiger partial charge in [0.05, 0.1) is 5.69 Å². The van der Waals surface area contributed by atoms with Crippen molar-refractivity contribution in [2.75, 3.05) is 18.1 Å². The quantitative estimate of drug-likeness (QED) is 0.751. The number of aliphatic hydroxyl groups excluding tert-OH is 1. The first-order valence-electron chi connectivity index (χ1n) is 9.16. The van der Waals surface area contributed by atoms with Crippen LogP contribution in [0.25, 0.3) is 16.9 Å². The Kier molecular flexibility index (Phi) is 4.83. The zero-order valence-corrected chi connectivity index (χ0v) is 15.7. The van der Waals surface area contributed by atoms with E-state index in [0.717, 1.165) is 54.2 Å². The largest absolute Gasteiger partial charge is 0.396 e. The smallest absolute Gasteiger partial charge is 0.158 e. The van der Waals surface area contributed by atoms with E-state index in [9.17, 15) is 5.11 Å². The van der Waals surface area contributed by atoms with E-state index < -0.39 is 0 Å². The van der Waals surface area contributed by atoms with Crippen LogP contribution < -0.4 is 4.90 Å². The first kappa shape index (κ1) is 17.3. The van der Waals surface area contributed by atoms with Crippen molar-refractivity contribution in [3.63, 3.8) is 0 Å². The topological polar surface area (TPSA) is 53.7 Å². The molecule has 0 bridgehead atoms. The van der Waals surface area contributed by atoms with Gasteiger partial charge in [-0.25, -0.2) is 4.98 Å². The molecule has 1 aromatic carbocycles. The van der Waals surface area contributed by atoms with Crippen molar-refractivity contribution >= 4 is 23.1 Å². The Balaban J connectivity index is 1.80. The molecule has 5 nitrogen and oxygen atoms in total. The molecule has 1 fully saturated rings. The highest BCUT2D eigenvalue weighted by molar-refractivity contribution is 6.30. The van der Waals surface area contributed by atoms with Crippen LogP contribution in [0.5, 0.6) is 0 Å². The molecule has 0 radical (unpaired) electrons. The van der Waals surface area contributed by atoms with Gasteiger partial charge in [-0.1, -0.05) is 23.7 Å². The Morgan fingerprint density at radius 2 is 2.00 bits per heavy atom. The molecule has 6 heteroatoms. The molecule has 2 aromatic heterocycles. The third-order valence-corrected chi connectivity index (χ3v) is 5.31. The van der Waals surface area contributed by atoms with E-state index in [1.165, 1.54) is 6.42 Å². The van der Waals surface area contributed by atoms with Gasteiger partial charge in [-0.05, 0) is 44.7 Å². The Morgan fingerprint density at radius 3 is 2.77 bits per heavy atom. The predicted octanol–water partition coefficient (Wildman–Crippen LogP) is 4.10. The van der Waals surface area contributed by atoms with Crippen LogP contribution >= 0.6 is 11.6 Å². The van der Waals surface area contributed by atoms with Gasteiger partial charge in [0.15, 0.2) is 5.65 Å². The van der Waals surface area contributed by atoms with Crippen molar-refractivity contribution in [3.8, 4) is 11.3 Å². The van der Waals surface area contributed by atoms with Crippen LogP contribution in [0, 0.1) is 6.92 Å². The Labute approximate surface area is 158 Å². The lowest BCUT2D eigenvalue weighted by atomic mass is 9.99. The number of hydrogen-bond acceptors (Lipinski definition) is 4. The van der Waals surface area contributed by atoms with Crippen LogP contribution in [-0.2, 0) is 0 Å². The molecule has 26 heavy (non-hydrogen) atoms. The minimum atomic E-state index is 0.212. The lowest BCUT2D eigenvalue weighted by Crippen LogP contribution is -2.41. The fourth-order valence-electron chi connectivity index (χ4n) is 3.80. The number of rotatable bonds is 4. The van der Waals surface area contributed by atoms with E-state index in [-0.39, 0.29) is 6.61 Å². The van der Waals surface area contributed by atoms with E-state index in [1.807, 2.05) is 41.8 Å². The van der Waals surface area contributed by atoms with Gasteiger partial charge < -0.3 is 10.0 Å². The summed E-state index contributed by atoms with van der Waals surface area (Å²) < 4.78 is 1.94. The number of halogens is 1. The lowest BCUT2D eigenvalue weighted by Gasteiger charge is -2.37. The van der Waals surface area contributed by atoms with Gasteiger partial charge in [-0.3, -0.25) is 0 Å². The maximum Gasteiger partial charge on any atom is 0.158 e. The Bertz CT molecular complexity index is 904. The maximum atomic E-state index is 9.45. The first-order chi connectivity index (χ1) is 12.7. The summed E-state index contributed by atoms with van der Waals surface area (Å²) in [6.07, 6.45) is 4.27. The number of benzene rings is 1. The molecule has 3 aromatic rings. The molecule has 1 saturated heterocycles. The first-order valence-corrected chi connectivity index (χ1v) is 9.54. The summed E-state index contributed by atoms with van der Waals surface area (Å²) in [4.78, 5) is 7.05. The summed E-state index contributed by atoms with van der Waals surface area (Å²) in [6.45, 7) is 3.21. The molecular weight excluding hydrogens is 348 g/mol. The van der Waals surface area contributed by atoms with Gasteiger partial charge in [0.2, 0.25) is 0 Å². The number of nitrogens with zero attached hydrogens (tertiary/aromatic N) is 4. The maximum absolute atomic E-state index is 9.45. The third-order valence-electron chi connectivity index (χ3n) is 5.06. The summed E-state index contributed by atoms with van der Waals surface area (Å²) in [5.74, 6) is 1.06. The van der Waals surface area contributed by atoms with E-state index in [1.54, 1.807) is 0 Å². The standard InChI is InChI=1S/C20H23ClN4O/c1-14-12-20(24-10-3-2-4-17(24)9-11-26)25-19(22-14)13-18(23-25)15-5-7-16(21)8-6-15/h5-8,12-13,17,26H,2-4,9-11H2,1H3/t17-/m1/s1. The molecule has 1 aliphatic heterocycles. The van der Waals surface area contributed by atoms with Crippen LogP contribution in [0.1, 0.15) is 31.4 Å². The van der Waals surface area contributed by atoms with Crippen LogP contribution in [0.2, 0.25) is 5.02 Å². The summed E-state index contributed by atoms with van der Waals surface area (Å²) in [5, 5.41) is 15.0. The number of aryl methyl sites for hydroxylation is 1. The Hall–Kier alpha value is -2.11. The van der Waals surface area contributed by atoms with Crippen molar-refractivity contribution < 1.29 is 5.11 Å². The molecule has 0 aliphatic carbocycles. The molecule has 0 spiro atoms. The van der Waals surface area contributed by atoms with Crippen molar-refractivity contribution in [2.45, 2.75) is 38.6 Å². The fraction of sp³-hybridized carbons (Fsp3) is 0.400. The van der Waals surface area contributed by atoms with Crippen molar-refractivity contribution in [1.82, 2.24) is 14.6 Å². The average molecular weight is 371 g/mol. The highest BCUT2D eigenvalue weighted by atomic mass is 35.5. The van der Waals surface area contributed by atoms with Crippen LogP contribution in [0.15, 0.2) is 36.4 Å². The molecule has 136 valence electrons. The monoisotopic (exact) mass is 370 g/mol. The van der Waals surface area contributed by atoms with Gasteiger partial charge >= 0.3 is 0 Å². The highest BCUT2D eigenvalue weighted by Gasteiger charge is 2.25. The van der Waals surface area contributed by atoms with Gasteiger partial charge in [-0.2, -0.15) is 9.61 Å². The summed E-state index contributed by atoms with van der Waals surface area (Å²) >= 11 is 6.01. The van der Waals surface area contributed by atoms with E-state index in [2.05, 4.69) is 16.0 Å². The predicted molar refractivity (Wildman–Crippen MR) is 105 cm³/mol. The molecule has 1 aliphatic rings. The molecule has 0 unspecified atom stereocenters. The van der Waals surface area contributed by atoms with Crippen LogP contribution in [0.4, 0.5) is 5.82 Å². The number of anilines is 1. The van der Waals surface area contributed by atoms with Crippen LogP contribution in [0.3, 0.4) is 0 Å². The molecule has 4 rings (SSSR count). The second kappa shape index (κ2) is 7.25. The van der Waals surface area contributed by atoms with E-state index in [0.29, 0.717) is 11.1 Å². The lowest BCUT2D eigenvalue weighted by molar-refractivity contribution is 0.262. The number of fused-ring (bicyclic) bond motifs is 1. The molecule has 3 heterocycles. The number of piperidine rings is 1. The minimum Gasteiger partial charge on any atom is -0.396 e. The highest BCUT2D eigenvalue weighted by Crippen LogP contribution is 2.29. The minimum absolute atomic E-state index is 0.212. The van der Waals surface area contributed by atoms with Crippen LogP contribution in [-0.4, -0.2) is 38.9 Å². The molecule has 0 amide bonds. The average Bonchev–Trinajstić information content (AvgIpc) is 3.06. The second-order valence-corrected chi connectivity index (χ2v) is 7.35. The number of hydrogen-bond donors (Lipinski definition) is 1. The SMILES string of the molecule is Cc1cc(N2CCCC[C@@H]2CCO)n2nc(-c3ccc(Cl)cc3)cc2n1. The normalized spacial score (nSPS) is 17.8. The third kappa shape index (κ3) is 3.29. The van der Waals surface area contributed by atoms with E-state index in [4.69, 9.17) is 16.7 Å². The van der Waals surface area contributed by atoms with Crippen molar-refractivity contribution in [2.24, 2.45) is 0 Å². The van der Waals surface area contributed by atoms with Gasteiger partial charge in [0.1, 0.15) is 5.82 Å². The Morgan fingerprint density at radius 1 is 1.19 bits per heavy atom. The molecular formula is C20H23ClN4O. The zero-order chi connectivity index (χ0) is 18.1. The van der Waals surface area contributed by atoms with Gasteiger partial charge in [0.25, 0.3) is 0 Å².